The van der Waals surface area contributed by atoms with E-state index >= 15 is 0 Å². The first-order valence-corrected chi connectivity index (χ1v) is 20.9. The summed E-state index contributed by atoms with van der Waals surface area (Å²) in [6.45, 7) is 6.06. The molecule has 0 radical (unpaired) electrons. The fourth-order valence-electron chi connectivity index (χ4n) is 7.05. The van der Waals surface area contributed by atoms with E-state index in [-0.39, 0.29) is 17.3 Å². The lowest BCUT2D eigenvalue weighted by Crippen LogP contribution is -2.34. The summed E-state index contributed by atoms with van der Waals surface area (Å²) in [5.74, 6) is -0.117. The van der Waals surface area contributed by atoms with Gasteiger partial charge in [-0.15, -0.1) is 0 Å². The first-order chi connectivity index (χ1) is 30.6. The predicted molar refractivity (Wildman–Crippen MR) is 249 cm³/mol. The first kappa shape index (κ1) is 45.1. The van der Waals surface area contributed by atoms with Gasteiger partial charge in [-0.25, -0.2) is 9.97 Å². The van der Waals surface area contributed by atoms with Gasteiger partial charge >= 0.3 is 0 Å². The number of nitrogens with zero attached hydrogens (tertiary/aromatic N) is 6. The molecular formula is C52H54N8O3. The molecule has 2 aromatic heterocycles. The average molecular weight is 839 g/mol. The fraction of sp³-hybridized carbons (Fsp3) is 0.154. The van der Waals surface area contributed by atoms with Gasteiger partial charge in [0.1, 0.15) is 0 Å². The molecule has 0 aliphatic rings. The summed E-state index contributed by atoms with van der Waals surface area (Å²) in [5.41, 5.74) is 8.32. The second kappa shape index (κ2) is 24.1. The van der Waals surface area contributed by atoms with E-state index in [1.54, 1.807) is 25.0 Å². The lowest BCUT2D eigenvalue weighted by atomic mass is 10.1. The van der Waals surface area contributed by atoms with Crippen LogP contribution in [0.2, 0.25) is 0 Å². The zero-order valence-corrected chi connectivity index (χ0v) is 35.3. The van der Waals surface area contributed by atoms with Gasteiger partial charge in [0.05, 0.1) is 12.7 Å². The second-order valence-electron chi connectivity index (χ2n) is 14.9. The lowest BCUT2D eigenvalue weighted by molar-refractivity contribution is 0.0939. The zero-order chi connectivity index (χ0) is 42.6. The van der Waals surface area contributed by atoms with Crippen LogP contribution in [0.3, 0.4) is 0 Å². The van der Waals surface area contributed by atoms with Gasteiger partial charge in [0.15, 0.2) is 0 Å². The number of rotatable bonds is 18. The van der Waals surface area contributed by atoms with Crippen LogP contribution in [-0.4, -0.2) is 72.4 Å². The Morgan fingerprint density at radius 2 is 0.730 bits per heavy atom. The molecule has 0 saturated carbocycles. The third kappa shape index (κ3) is 14.3. The van der Waals surface area contributed by atoms with E-state index < -0.39 is 0 Å². The van der Waals surface area contributed by atoms with Crippen LogP contribution in [0, 0.1) is 0 Å². The van der Waals surface area contributed by atoms with Crippen molar-refractivity contribution in [3.05, 3.63) is 241 Å². The summed E-state index contributed by atoms with van der Waals surface area (Å²) < 4.78 is 3.82. The van der Waals surface area contributed by atoms with Gasteiger partial charge in [0, 0.05) is 99.6 Å². The highest BCUT2D eigenvalue weighted by atomic mass is 16.2. The van der Waals surface area contributed by atoms with Gasteiger partial charge in [-0.05, 0) is 70.8 Å². The molecule has 320 valence electrons. The van der Waals surface area contributed by atoms with Crippen LogP contribution in [0.5, 0.6) is 0 Å². The van der Waals surface area contributed by atoms with Crippen LogP contribution < -0.4 is 10.6 Å². The van der Waals surface area contributed by atoms with Crippen molar-refractivity contribution < 1.29 is 15.1 Å². The topological polar surface area (TPSA) is 132 Å². The van der Waals surface area contributed by atoms with Gasteiger partial charge in [-0.3, -0.25) is 19.4 Å². The Bertz CT molecular complexity index is 2220. The molecule has 0 aliphatic carbocycles. The van der Waals surface area contributed by atoms with Crippen molar-refractivity contribution in [1.29, 1.82) is 0 Å². The summed E-state index contributed by atoms with van der Waals surface area (Å²) >= 11 is 0. The smallest absolute Gasteiger partial charge is 0.251 e. The van der Waals surface area contributed by atoms with Crippen LogP contribution >= 0.6 is 0 Å². The van der Waals surface area contributed by atoms with Gasteiger partial charge in [0.2, 0.25) is 0 Å². The second-order valence-corrected chi connectivity index (χ2v) is 14.9. The highest BCUT2D eigenvalue weighted by Crippen LogP contribution is 2.14. The molecule has 0 unspecified atom stereocenters. The Kier molecular flexibility index (Phi) is 17.3. The monoisotopic (exact) mass is 838 g/mol. The average Bonchev–Trinajstić information content (AvgIpc) is 4.07. The number of imidazole rings is 2. The molecule has 0 saturated heterocycles. The predicted octanol–water partition coefficient (Wildman–Crippen LogP) is 7.78. The quantitative estimate of drug-likeness (QED) is 0.0908. The Hall–Kier alpha value is -7.44. The number of hydrogen-bond acceptors (Lipinski definition) is 6. The molecular weight excluding hydrogens is 785 g/mol. The van der Waals surface area contributed by atoms with E-state index in [4.69, 9.17) is 0 Å². The minimum Gasteiger partial charge on any atom is -0.412 e. The van der Waals surface area contributed by atoms with E-state index in [1.807, 2.05) is 94.3 Å². The number of carbonyl (C=O) groups is 2. The Balaban J connectivity index is 0.000000206. The third-order valence-corrected chi connectivity index (χ3v) is 10.3. The van der Waals surface area contributed by atoms with Crippen LogP contribution in [0.1, 0.15) is 43.0 Å². The van der Waals surface area contributed by atoms with E-state index in [0.717, 1.165) is 50.6 Å². The minimum atomic E-state index is -0.0587. The first-order valence-electron chi connectivity index (χ1n) is 20.9. The highest BCUT2D eigenvalue weighted by Gasteiger charge is 2.12. The molecule has 0 aliphatic heterocycles. The normalized spacial score (nSPS) is 10.7. The van der Waals surface area contributed by atoms with Crippen molar-refractivity contribution >= 4 is 11.8 Å². The van der Waals surface area contributed by atoms with Crippen molar-refractivity contribution in [2.24, 2.45) is 0 Å². The standard InChI is InChI=1S/2C26H26N4O.H2O/c2*31-26(24-11-13-25(14-12-24)30-18-15-27-21-30)28-16-17-29(19-22-7-3-1-4-8-22)20-23-9-5-2-6-10-23;/h2*1-15,18,21H,16-17,19-20H2,(H,28,31);1H2. The molecule has 2 heterocycles. The molecule has 8 aromatic rings. The number of carbonyl (C=O) groups excluding carboxylic acids is 2. The van der Waals surface area contributed by atoms with Crippen molar-refractivity contribution in [2.75, 3.05) is 26.2 Å². The SMILES string of the molecule is O.O=C(NCCN(Cc1ccccc1)Cc1ccccc1)c1ccc(-n2ccnc2)cc1.O=C(NCCN(Cc1ccccc1)Cc1ccccc1)c1ccc(-n2ccnc2)cc1. The maximum atomic E-state index is 12.6. The molecule has 11 nitrogen and oxygen atoms in total. The minimum absolute atomic E-state index is 0. The number of aromatic nitrogens is 4. The zero-order valence-electron chi connectivity index (χ0n) is 35.3. The number of amides is 2. The Labute approximate surface area is 369 Å². The Morgan fingerprint density at radius 1 is 0.429 bits per heavy atom. The summed E-state index contributed by atoms with van der Waals surface area (Å²) in [7, 11) is 0. The largest absolute Gasteiger partial charge is 0.412 e. The molecule has 63 heavy (non-hydrogen) atoms. The van der Waals surface area contributed by atoms with Crippen molar-refractivity contribution in [2.45, 2.75) is 26.2 Å². The molecule has 0 fully saturated rings. The maximum absolute atomic E-state index is 12.6. The summed E-state index contributed by atoms with van der Waals surface area (Å²) in [5, 5.41) is 6.11. The van der Waals surface area contributed by atoms with Crippen LogP contribution in [0.25, 0.3) is 11.4 Å². The highest BCUT2D eigenvalue weighted by molar-refractivity contribution is 5.94. The molecule has 8 rings (SSSR count). The van der Waals surface area contributed by atoms with Crippen molar-refractivity contribution in [3.8, 4) is 11.4 Å². The van der Waals surface area contributed by atoms with Crippen molar-refractivity contribution in [3.63, 3.8) is 0 Å². The number of benzene rings is 6. The van der Waals surface area contributed by atoms with E-state index in [0.29, 0.717) is 24.2 Å². The number of hydrogen-bond donors (Lipinski definition) is 2. The molecule has 11 heteroatoms. The van der Waals surface area contributed by atoms with Crippen LogP contribution in [0.4, 0.5) is 0 Å². The van der Waals surface area contributed by atoms with Gasteiger partial charge < -0.3 is 25.2 Å². The van der Waals surface area contributed by atoms with Crippen molar-refractivity contribution in [1.82, 2.24) is 39.5 Å². The summed E-state index contributed by atoms with van der Waals surface area (Å²) in [6, 6.07) is 56.8. The van der Waals surface area contributed by atoms with E-state index in [1.165, 1.54) is 22.3 Å². The summed E-state index contributed by atoms with van der Waals surface area (Å²) in [6.07, 6.45) is 10.7. The Morgan fingerprint density at radius 3 is 1.00 bits per heavy atom. The summed E-state index contributed by atoms with van der Waals surface area (Å²) in [4.78, 5) is 38.0. The van der Waals surface area contributed by atoms with Crippen LogP contribution in [0.15, 0.2) is 207 Å². The molecule has 0 spiro atoms. The maximum Gasteiger partial charge on any atom is 0.251 e. The van der Waals surface area contributed by atoms with Gasteiger partial charge in [0.25, 0.3) is 11.8 Å². The molecule has 4 N–H and O–H groups in total. The van der Waals surface area contributed by atoms with Gasteiger partial charge in [-0.2, -0.15) is 0 Å². The van der Waals surface area contributed by atoms with E-state index in [2.05, 4.69) is 127 Å². The van der Waals surface area contributed by atoms with E-state index in [9.17, 15) is 9.59 Å². The molecule has 0 atom stereocenters. The third-order valence-electron chi connectivity index (χ3n) is 10.3. The molecule has 6 aromatic carbocycles. The molecule has 2 amide bonds. The fourth-order valence-corrected chi connectivity index (χ4v) is 7.05. The lowest BCUT2D eigenvalue weighted by Gasteiger charge is -2.23. The number of nitrogens with one attached hydrogen (secondary N) is 2. The van der Waals surface area contributed by atoms with Gasteiger partial charge in [-0.1, -0.05) is 121 Å². The van der Waals surface area contributed by atoms with Crippen LogP contribution in [-0.2, 0) is 26.2 Å². The molecule has 0 bridgehead atoms.